The van der Waals surface area contributed by atoms with Gasteiger partial charge in [0, 0.05) is 24.7 Å². The molecule has 2 amide bonds. The molecule has 1 aromatic rings. The van der Waals surface area contributed by atoms with Gasteiger partial charge in [-0.2, -0.15) is 0 Å². The maximum absolute atomic E-state index is 12.5. The Morgan fingerprint density at radius 2 is 1.71 bits per heavy atom. The van der Waals surface area contributed by atoms with Crippen LogP contribution >= 0.6 is 0 Å². The van der Waals surface area contributed by atoms with Crippen molar-refractivity contribution in [1.29, 1.82) is 0 Å². The normalized spacial score (nSPS) is 20.8. The van der Waals surface area contributed by atoms with Crippen LogP contribution in [0.5, 0.6) is 0 Å². The third kappa shape index (κ3) is 3.61. The fraction of sp³-hybridized carbons (Fsp3) is 0.579. The molecule has 0 atom stereocenters. The fourth-order valence-electron chi connectivity index (χ4n) is 3.67. The molecule has 0 unspecified atom stereocenters. The Morgan fingerprint density at radius 3 is 2.29 bits per heavy atom. The summed E-state index contributed by atoms with van der Waals surface area (Å²) in [6, 6.07) is 7.80. The van der Waals surface area contributed by atoms with Crippen molar-refractivity contribution in [2.24, 2.45) is 5.73 Å². The zero-order chi connectivity index (χ0) is 17.2. The van der Waals surface area contributed by atoms with Gasteiger partial charge in [0.1, 0.15) is 0 Å². The second-order valence-electron chi connectivity index (χ2n) is 7.27. The maximum Gasteiger partial charge on any atom is 0.253 e. The first-order valence-corrected chi connectivity index (χ1v) is 8.94. The third-order valence-electron chi connectivity index (χ3n) is 5.36. The Kier molecular flexibility index (Phi) is 4.90. The van der Waals surface area contributed by atoms with Crippen LogP contribution in [0.25, 0.3) is 0 Å². The van der Waals surface area contributed by atoms with Gasteiger partial charge in [0.05, 0.1) is 5.54 Å². The molecule has 0 bridgehead atoms. The topological polar surface area (TPSA) is 75.4 Å². The van der Waals surface area contributed by atoms with E-state index in [1.54, 1.807) is 0 Å². The highest BCUT2D eigenvalue weighted by atomic mass is 16.2. The summed E-state index contributed by atoms with van der Waals surface area (Å²) < 4.78 is 0. The molecule has 1 aromatic carbocycles. The summed E-state index contributed by atoms with van der Waals surface area (Å²) in [6.07, 6.45) is 5.22. The zero-order valence-electron chi connectivity index (χ0n) is 14.4. The molecule has 5 heteroatoms. The summed E-state index contributed by atoms with van der Waals surface area (Å²) in [5, 5.41) is 3.11. The molecule has 5 nitrogen and oxygen atoms in total. The van der Waals surface area contributed by atoms with Crippen molar-refractivity contribution in [2.75, 3.05) is 13.1 Å². The monoisotopic (exact) mass is 329 g/mol. The van der Waals surface area contributed by atoms with Crippen molar-refractivity contribution in [3.05, 3.63) is 35.4 Å². The summed E-state index contributed by atoms with van der Waals surface area (Å²) in [5.41, 5.74) is 7.42. The zero-order valence-corrected chi connectivity index (χ0v) is 14.4. The average molecular weight is 329 g/mol. The molecule has 1 saturated heterocycles. The second kappa shape index (κ2) is 6.93. The van der Waals surface area contributed by atoms with Gasteiger partial charge < -0.3 is 16.0 Å². The molecule has 1 aliphatic carbocycles. The lowest BCUT2D eigenvalue weighted by Crippen LogP contribution is -2.56. The lowest BCUT2D eigenvalue weighted by Gasteiger charge is -2.34. The van der Waals surface area contributed by atoms with E-state index in [1.165, 1.54) is 0 Å². The molecule has 2 fully saturated rings. The molecule has 130 valence electrons. The summed E-state index contributed by atoms with van der Waals surface area (Å²) >= 11 is 0. The van der Waals surface area contributed by atoms with Crippen LogP contribution in [0.2, 0.25) is 0 Å². The summed E-state index contributed by atoms with van der Waals surface area (Å²) in [7, 11) is 0. The molecule has 2 aliphatic rings. The Bertz CT molecular complexity index is 598. The summed E-state index contributed by atoms with van der Waals surface area (Å²) in [4.78, 5) is 26.8. The number of rotatable bonds is 3. The van der Waals surface area contributed by atoms with E-state index in [0.29, 0.717) is 13.1 Å². The van der Waals surface area contributed by atoms with Gasteiger partial charge in [0.2, 0.25) is 5.91 Å². The van der Waals surface area contributed by atoms with E-state index in [-0.39, 0.29) is 17.9 Å². The van der Waals surface area contributed by atoms with Gasteiger partial charge in [0.15, 0.2) is 0 Å². The number of likely N-dealkylation sites (tertiary alicyclic amines) is 1. The van der Waals surface area contributed by atoms with Gasteiger partial charge in [-0.1, -0.05) is 30.5 Å². The Labute approximate surface area is 143 Å². The minimum atomic E-state index is -0.672. The number of hydrogen-bond acceptors (Lipinski definition) is 3. The summed E-state index contributed by atoms with van der Waals surface area (Å²) in [5.74, 6) is 0.0641. The standard InChI is InChI=1S/C19H27N3O2/c1-14-4-6-15(7-5-14)17(23)22-12-8-16(9-13-22)21-18(24)19(20)10-2-3-11-19/h4-7,16H,2-3,8-13,20H2,1H3,(H,21,24). The van der Waals surface area contributed by atoms with Crippen molar-refractivity contribution in [1.82, 2.24) is 10.2 Å². The van der Waals surface area contributed by atoms with Gasteiger partial charge in [-0.15, -0.1) is 0 Å². The van der Waals surface area contributed by atoms with Crippen molar-refractivity contribution in [2.45, 2.75) is 57.0 Å². The predicted octanol–water partition coefficient (Wildman–Crippen LogP) is 1.99. The van der Waals surface area contributed by atoms with Crippen molar-refractivity contribution in [3.63, 3.8) is 0 Å². The van der Waals surface area contributed by atoms with E-state index >= 15 is 0 Å². The number of benzene rings is 1. The minimum absolute atomic E-state index is 0.0108. The smallest absolute Gasteiger partial charge is 0.253 e. The van der Waals surface area contributed by atoms with E-state index in [9.17, 15) is 9.59 Å². The highest BCUT2D eigenvalue weighted by Gasteiger charge is 2.38. The molecule has 1 saturated carbocycles. The molecule has 24 heavy (non-hydrogen) atoms. The van der Waals surface area contributed by atoms with Crippen LogP contribution in [0.15, 0.2) is 24.3 Å². The van der Waals surface area contributed by atoms with Crippen LogP contribution < -0.4 is 11.1 Å². The van der Waals surface area contributed by atoms with Crippen molar-refractivity contribution >= 4 is 11.8 Å². The van der Waals surface area contributed by atoms with Crippen LogP contribution in [-0.4, -0.2) is 41.4 Å². The molecule has 3 rings (SSSR count). The summed E-state index contributed by atoms with van der Waals surface area (Å²) in [6.45, 7) is 3.36. The number of nitrogens with two attached hydrogens (primary N) is 1. The van der Waals surface area contributed by atoms with Crippen molar-refractivity contribution in [3.8, 4) is 0 Å². The molecular weight excluding hydrogens is 302 g/mol. The van der Waals surface area contributed by atoms with Crippen LogP contribution in [0.3, 0.4) is 0 Å². The van der Waals surface area contributed by atoms with E-state index in [1.807, 2.05) is 36.1 Å². The molecular formula is C19H27N3O2. The number of hydrogen-bond donors (Lipinski definition) is 2. The van der Waals surface area contributed by atoms with Crippen LogP contribution in [-0.2, 0) is 4.79 Å². The third-order valence-corrected chi connectivity index (χ3v) is 5.36. The van der Waals surface area contributed by atoms with Crippen LogP contribution in [0.4, 0.5) is 0 Å². The Morgan fingerprint density at radius 1 is 1.12 bits per heavy atom. The second-order valence-corrected chi connectivity index (χ2v) is 7.27. The van der Waals surface area contributed by atoms with Gasteiger partial charge in [-0.3, -0.25) is 9.59 Å². The number of piperidine rings is 1. The number of carbonyl (C=O) groups excluding carboxylic acids is 2. The first kappa shape index (κ1) is 17.0. The van der Waals surface area contributed by atoms with E-state index in [0.717, 1.165) is 49.7 Å². The maximum atomic E-state index is 12.5. The first-order valence-electron chi connectivity index (χ1n) is 8.94. The Balaban J connectivity index is 1.51. The number of nitrogens with one attached hydrogen (secondary N) is 1. The molecule has 0 spiro atoms. The number of carbonyl (C=O) groups is 2. The largest absolute Gasteiger partial charge is 0.352 e. The van der Waals surface area contributed by atoms with Gasteiger partial charge in [-0.05, 0) is 44.7 Å². The van der Waals surface area contributed by atoms with E-state index in [4.69, 9.17) is 5.73 Å². The fourth-order valence-corrected chi connectivity index (χ4v) is 3.67. The number of aryl methyl sites for hydroxylation is 1. The Hall–Kier alpha value is -1.88. The quantitative estimate of drug-likeness (QED) is 0.890. The number of nitrogens with zero attached hydrogens (tertiary/aromatic N) is 1. The van der Waals surface area contributed by atoms with Crippen LogP contribution in [0, 0.1) is 6.92 Å². The predicted molar refractivity (Wildman–Crippen MR) is 93.6 cm³/mol. The molecule has 3 N–H and O–H groups in total. The average Bonchev–Trinajstić information content (AvgIpc) is 3.04. The lowest BCUT2D eigenvalue weighted by atomic mass is 9.96. The van der Waals surface area contributed by atoms with E-state index in [2.05, 4.69) is 5.32 Å². The van der Waals surface area contributed by atoms with Gasteiger partial charge in [-0.25, -0.2) is 0 Å². The van der Waals surface area contributed by atoms with Gasteiger partial charge >= 0.3 is 0 Å². The van der Waals surface area contributed by atoms with Crippen molar-refractivity contribution < 1.29 is 9.59 Å². The lowest BCUT2D eigenvalue weighted by molar-refractivity contribution is -0.127. The molecule has 0 aromatic heterocycles. The molecule has 1 aliphatic heterocycles. The minimum Gasteiger partial charge on any atom is -0.352 e. The SMILES string of the molecule is Cc1ccc(C(=O)N2CCC(NC(=O)C3(N)CCCC3)CC2)cc1. The molecule has 0 radical (unpaired) electrons. The highest BCUT2D eigenvalue weighted by Crippen LogP contribution is 2.27. The van der Waals surface area contributed by atoms with E-state index < -0.39 is 5.54 Å². The van der Waals surface area contributed by atoms with Gasteiger partial charge in [0.25, 0.3) is 5.91 Å². The molecule has 1 heterocycles. The first-order chi connectivity index (χ1) is 11.5. The highest BCUT2D eigenvalue weighted by molar-refractivity contribution is 5.94. The van der Waals surface area contributed by atoms with Crippen LogP contribution in [0.1, 0.15) is 54.4 Å². The number of amides is 2.